The molecule has 1 saturated heterocycles. The summed E-state index contributed by atoms with van der Waals surface area (Å²) in [5.41, 5.74) is 1.16. The predicted molar refractivity (Wildman–Crippen MR) is 149 cm³/mol. The highest BCUT2D eigenvalue weighted by atomic mass is 28.4. The van der Waals surface area contributed by atoms with Crippen molar-refractivity contribution in [2.24, 2.45) is 23.7 Å². The Hall–Kier alpha value is -1.26. The van der Waals surface area contributed by atoms with Gasteiger partial charge in [-0.05, 0) is 43.3 Å². The lowest BCUT2D eigenvalue weighted by Gasteiger charge is -2.44. The lowest BCUT2D eigenvalue weighted by molar-refractivity contribution is -0.139. The summed E-state index contributed by atoms with van der Waals surface area (Å²) in [6.07, 6.45) is 0.912. The van der Waals surface area contributed by atoms with Crippen molar-refractivity contribution in [3.05, 3.63) is 11.6 Å². The van der Waals surface area contributed by atoms with Crippen molar-refractivity contribution in [2.75, 3.05) is 27.1 Å². The van der Waals surface area contributed by atoms with E-state index in [2.05, 4.69) is 47.7 Å². The molecule has 1 aliphatic rings. The number of carbonyl (C=O) groups is 2. The number of amides is 2. The summed E-state index contributed by atoms with van der Waals surface area (Å²) in [4.78, 5) is 27.0. The zero-order valence-corrected chi connectivity index (χ0v) is 26.3. The maximum Gasteiger partial charge on any atom is 0.416 e. The predicted octanol–water partition coefficient (Wildman–Crippen LogP) is 5.61. The van der Waals surface area contributed by atoms with E-state index >= 15 is 0 Å². The van der Waals surface area contributed by atoms with Crippen LogP contribution < -0.4 is 0 Å². The maximum atomic E-state index is 13.4. The Bertz CT molecular complexity index is 777. The first-order valence-corrected chi connectivity index (χ1v) is 16.4. The molecule has 2 amide bonds. The van der Waals surface area contributed by atoms with Crippen LogP contribution in [0, 0.1) is 23.7 Å². The molecule has 216 valence electrons. The van der Waals surface area contributed by atoms with Crippen molar-refractivity contribution in [3.8, 4) is 0 Å². The van der Waals surface area contributed by atoms with Crippen molar-refractivity contribution < 1.29 is 33.3 Å². The fourth-order valence-corrected chi connectivity index (χ4v) is 5.97. The fourth-order valence-electron chi connectivity index (χ4n) is 4.49. The number of rotatable bonds is 14. The molecule has 0 aromatic carbocycles. The van der Waals surface area contributed by atoms with Crippen molar-refractivity contribution in [3.63, 3.8) is 0 Å². The van der Waals surface area contributed by atoms with Crippen LogP contribution in [0.3, 0.4) is 0 Å². The topological polar surface area (TPSA) is 94.5 Å². The molecular formula is C28H53NO7Si. The third kappa shape index (κ3) is 9.16. The van der Waals surface area contributed by atoms with Gasteiger partial charge >= 0.3 is 6.09 Å². The second-order valence-electron chi connectivity index (χ2n) is 12.6. The van der Waals surface area contributed by atoms with Gasteiger partial charge in [0.15, 0.2) is 8.32 Å². The zero-order valence-electron chi connectivity index (χ0n) is 25.3. The van der Waals surface area contributed by atoms with Gasteiger partial charge in [0.2, 0.25) is 5.91 Å². The molecule has 0 unspecified atom stereocenters. The number of imide groups is 1. The summed E-state index contributed by atoms with van der Waals surface area (Å²) in [6, 6.07) is -0.323. The Morgan fingerprint density at radius 1 is 1.22 bits per heavy atom. The van der Waals surface area contributed by atoms with E-state index in [9.17, 15) is 14.7 Å². The van der Waals surface area contributed by atoms with E-state index in [1.165, 1.54) is 4.90 Å². The lowest BCUT2D eigenvalue weighted by Crippen LogP contribution is -2.52. The summed E-state index contributed by atoms with van der Waals surface area (Å²) in [7, 11) is -0.599. The van der Waals surface area contributed by atoms with Crippen LogP contribution in [0.4, 0.5) is 4.79 Å². The summed E-state index contributed by atoms with van der Waals surface area (Å²) >= 11 is 0. The van der Waals surface area contributed by atoms with Crippen molar-refractivity contribution in [2.45, 2.75) is 105 Å². The van der Waals surface area contributed by atoms with Crippen molar-refractivity contribution in [1.82, 2.24) is 4.90 Å². The Kier molecular flexibility index (Phi) is 13.0. The molecule has 0 spiro atoms. The van der Waals surface area contributed by atoms with Gasteiger partial charge in [-0.2, -0.15) is 0 Å². The first-order chi connectivity index (χ1) is 17.0. The van der Waals surface area contributed by atoms with Crippen LogP contribution in [0.15, 0.2) is 11.6 Å². The molecule has 37 heavy (non-hydrogen) atoms. The first-order valence-electron chi connectivity index (χ1n) is 13.5. The normalized spacial score (nSPS) is 21.6. The van der Waals surface area contributed by atoms with Gasteiger partial charge in [-0.3, -0.25) is 4.79 Å². The number of carbonyl (C=O) groups excluding carboxylic acids is 2. The number of allylic oxidation sites excluding steroid dienone is 1. The number of aliphatic hydroxyl groups excluding tert-OH is 1. The van der Waals surface area contributed by atoms with Gasteiger partial charge in [-0.25, -0.2) is 9.69 Å². The smallest absolute Gasteiger partial charge is 0.416 e. The van der Waals surface area contributed by atoms with Gasteiger partial charge < -0.3 is 23.7 Å². The Morgan fingerprint density at radius 3 is 2.32 bits per heavy atom. The van der Waals surface area contributed by atoms with Crippen molar-refractivity contribution >= 4 is 20.3 Å². The fraction of sp³-hybridized carbons (Fsp3) is 0.857. The minimum Gasteiger partial charge on any atom is -0.447 e. The molecular weight excluding hydrogens is 490 g/mol. The van der Waals surface area contributed by atoms with Crippen LogP contribution in [0.1, 0.15) is 68.7 Å². The monoisotopic (exact) mass is 543 g/mol. The molecule has 1 N–H and O–H groups in total. The Balaban J connectivity index is 3.17. The van der Waals surface area contributed by atoms with Crippen LogP contribution in [-0.4, -0.2) is 75.7 Å². The first kappa shape index (κ1) is 33.8. The van der Waals surface area contributed by atoms with Gasteiger partial charge in [-0.1, -0.05) is 67.0 Å². The molecule has 0 aromatic rings. The lowest BCUT2D eigenvalue weighted by atomic mass is 9.81. The summed E-state index contributed by atoms with van der Waals surface area (Å²) in [6.45, 7) is 23.6. The Labute approximate surface area is 226 Å². The number of methoxy groups -OCH3 is 1. The molecule has 9 heteroatoms. The van der Waals surface area contributed by atoms with Crippen LogP contribution in [-0.2, 0) is 23.4 Å². The highest BCUT2D eigenvalue weighted by molar-refractivity contribution is 6.74. The number of hydrogen-bond donors (Lipinski definition) is 1. The van der Waals surface area contributed by atoms with E-state index in [1.807, 2.05) is 26.8 Å². The zero-order chi connectivity index (χ0) is 28.7. The van der Waals surface area contributed by atoms with Crippen LogP contribution >= 0.6 is 0 Å². The number of cyclic esters (lactones) is 1. The van der Waals surface area contributed by atoms with E-state index in [0.717, 1.165) is 12.0 Å². The molecule has 1 aliphatic heterocycles. The van der Waals surface area contributed by atoms with E-state index in [1.54, 1.807) is 14.0 Å². The molecule has 0 aromatic heterocycles. The van der Waals surface area contributed by atoms with Crippen LogP contribution in [0.5, 0.6) is 0 Å². The van der Waals surface area contributed by atoms with Gasteiger partial charge in [0.05, 0.1) is 30.8 Å². The third-order valence-corrected chi connectivity index (χ3v) is 12.5. The van der Waals surface area contributed by atoms with E-state index in [-0.39, 0.29) is 48.3 Å². The molecule has 1 rings (SSSR count). The molecule has 0 bridgehead atoms. The maximum absolute atomic E-state index is 13.4. The van der Waals surface area contributed by atoms with Gasteiger partial charge in [-0.15, -0.1) is 0 Å². The van der Waals surface area contributed by atoms with Crippen molar-refractivity contribution in [1.29, 1.82) is 0 Å². The molecule has 8 nitrogen and oxygen atoms in total. The average molecular weight is 544 g/mol. The summed E-state index contributed by atoms with van der Waals surface area (Å²) in [5, 5.41) is 11.5. The number of ether oxygens (including phenoxy) is 3. The second kappa shape index (κ2) is 14.2. The third-order valence-electron chi connectivity index (χ3n) is 8.06. The number of aliphatic hydroxyl groups is 1. The van der Waals surface area contributed by atoms with E-state index < -0.39 is 32.3 Å². The summed E-state index contributed by atoms with van der Waals surface area (Å²) < 4.78 is 22.4. The minimum absolute atomic E-state index is 0.0141. The highest BCUT2D eigenvalue weighted by Gasteiger charge is 2.46. The number of nitrogens with zero attached hydrogens (tertiary/aromatic N) is 1. The highest BCUT2D eigenvalue weighted by Crippen LogP contribution is 2.41. The minimum atomic E-state index is -2.19. The molecule has 0 saturated carbocycles. The van der Waals surface area contributed by atoms with Gasteiger partial charge in [0.1, 0.15) is 13.4 Å². The van der Waals surface area contributed by atoms with Crippen LogP contribution in [0.25, 0.3) is 0 Å². The average Bonchev–Trinajstić information content (AvgIpc) is 3.19. The van der Waals surface area contributed by atoms with Gasteiger partial charge in [0.25, 0.3) is 0 Å². The molecule has 6 atom stereocenters. The molecule has 0 aliphatic carbocycles. The number of hydrogen-bond acceptors (Lipinski definition) is 7. The second-order valence-corrected chi connectivity index (χ2v) is 17.3. The molecule has 1 heterocycles. The largest absolute Gasteiger partial charge is 0.447 e. The SMILES string of the molecule is COCOC/C=C(\C)C[C@H](C)[C@@H](O[Si](C)(C)C(C)(C)C)[C@H](C)[C@@H](O)[C@H](C)C(=O)N1C(=O)OC[C@@H]1C(C)C. The van der Waals surface area contributed by atoms with Gasteiger partial charge in [0, 0.05) is 13.0 Å². The Morgan fingerprint density at radius 2 is 1.81 bits per heavy atom. The van der Waals surface area contributed by atoms with E-state index in [4.69, 9.17) is 18.6 Å². The van der Waals surface area contributed by atoms with E-state index in [0.29, 0.717) is 6.61 Å². The molecule has 0 radical (unpaired) electrons. The standard InChI is InChI=1S/C28H53NO7Si/c1-18(2)23-16-35-27(32)29(23)26(31)22(6)24(30)21(5)25(36-37(11,12)28(7,8)9)20(4)15-19(3)13-14-34-17-33-10/h13,18,20-25,30H,14-17H2,1-12H3/b19-13+/t20-,21+,22-,23+,24+,25+/m0/s1. The quantitative estimate of drug-likeness (QED) is 0.132. The molecule has 1 fully saturated rings. The summed E-state index contributed by atoms with van der Waals surface area (Å²) in [5.74, 6) is -1.37. The van der Waals surface area contributed by atoms with Crippen LogP contribution in [0.2, 0.25) is 18.1 Å².